The minimum Gasteiger partial charge on any atom is -0.388 e. The average Bonchev–Trinajstić information content (AvgIpc) is 2.58. The van der Waals surface area contributed by atoms with Crippen LogP contribution in [0.25, 0.3) is 0 Å². The van der Waals surface area contributed by atoms with Crippen LogP contribution in [0.4, 0.5) is 11.6 Å². The third-order valence-electron chi connectivity index (χ3n) is 2.87. The Bertz CT molecular complexity index is 392. The molecule has 5 nitrogen and oxygen atoms in total. The molecule has 2 rings (SSSR count). The second kappa shape index (κ2) is 3.90. The lowest BCUT2D eigenvalue weighted by atomic mass is 10.1. The van der Waals surface area contributed by atoms with Gasteiger partial charge >= 0.3 is 0 Å². The van der Waals surface area contributed by atoms with E-state index in [1.54, 1.807) is 6.07 Å². The van der Waals surface area contributed by atoms with Crippen molar-refractivity contribution in [1.29, 1.82) is 0 Å². The number of aromatic nitrogens is 2. The summed E-state index contributed by atoms with van der Waals surface area (Å²) in [6, 6.07) is 1.76. The van der Waals surface area contributed by atoms with Gasteiger partial charge in [0.05, 0.1) is 5.60 Å². The van der Waals surface area contributed by atoms with Crippen molar-refractivity contribution in [3.63, 3.8) is 0 Å². The van der Waals surface area contributed by atoms with Gasteiger partial charge in [0, 0.05) is 25.6 Å². The number of hydrogen-bond acceptors (Lipinski definition) is 5. The summed E-state index contributed by atoms with van der Waals surface area (Å²) in [5, 5.41) is 9.91. The number of aliphatic hydroxyl groups is 1. The maximum Gasteiger partial charge on any atom is 0.134 e. The van der Waals surface area contributed by atoms with Gasteiger partial charge in [-0.2, -0.15) is 0 Å². The first-order valence-electron chi connectivity index (χ1n) is 5.61. The minimum atomic E-state index is -0.619. The van der Waals surface area contributed by atoms with Crippen molar-refractivity contribution in [2.24, 2.45) is 0 Å². The van der Waals surface area contributed by atoms with Gasteiger partial charge in [0.1, 0.15) is 17.5 Å². The van der Waals surface area contributed by atoms with Crippen molar-refractivity contribution in [2.45, 2.75) is 32.3 Å². The molecule has 88 valence electrons. The fourth-order valence-corrected chi connectivity index (χ4v) is 1.96. The maximum absolute atomic E-state index is 9.91. The fourth-order valence-electron chi connectivity index (χ4n) is 1.96. The molecule has 0 bridgehead atoms. The molecule has 0 amide bonds. The second-order valence-corrected chi connectivity index (χ2v) is 4.59. The topological polar surface area (TPSA) is 75.3 Å². The Labute approximate surface area is 95.3 Å². The quantitative estimate of drug-likeness (QED) is 0.765. The van der Waals surface area contributed by atoms with Gasteiger partial charge in [-0.3, -0.25) is 0 Å². The number of β-amino-alcohol motifs (C(OH)–C–C–N with tert-alkyl or cyclic N) is 1. The van der Waals surface area contributed by atoms with Crippen molar-refractivity contribution in [3.05, 3.63) is 11.9 Å². The Morgan fingerprint density at radius 3 is 2.88 bits per heavy atom. The summed E-state index contributed by atoms with van der Waals surface area (Å²) in [4.78, 5) is 10.6. The first-order chi connectivity index (χ1) is 7.50. The van der Waals surface area contributed by atoms with Gasteiger partial charge < -0.3 is 15.7 Å². The van der Waals surface area contributed by atoms with Gasteiger partial charge in [-0.15, -0.1) is 0 Å². The number of nitrogens with two attached hydrogens (primary N) is 1. The lowest BCUT2D eigenvalue weighted by Crippen LogP contribution is -2.30. The van der Waals surface area contributed by atoms with Crippen molar-refractivity contribution in [3.8, 4) is 0 Å². The highest BCUT2D eigenvalue weighted by Crippen LogP contribution is 2.25. The molecule has 1 fully saturated rings. The maximum atomic E-state index is 9.91. The minimum absolute atomic E-state index is 0.494. The van der Waals surface area contributed by atoms with Gasteiger partial charge in [-0.05, 0) is 13.3 Å². The fraction of sp³-hybridized carbons (Fsp3) is 0.636. The Kier molecular flexibility index (Phi) is 2.71. The summed E-state index contributed by atoms with van der Waals surface area (Å²) in [5.74, 6) is 2.07. The van der Waals surface area contributed by atoms with E-state index in [9.17, 15) is 5.11 Å². The number of aryl methyl sites for hydroxylation is 1. The number of rotatable bonds is 2. The Hall–Kier alpha value is -1.36. The van der Waals surface area contributed by atoms with Crippen LogP contribution < -0.4 is 10.6 Å². The first-order valence-corrected chi connectivity index (χ1v) is 5.61. The van der Waals surface area contributed by atoms with Crippen LogP contribution in [0, 0.1) is 0 Å². The molecule has 2 heterocycles. The Morgan fingerprint density at radius 2 is 2.31 bits per heavy atom. The molecule has 1 atom stereocenters. The highest BCUT2D eigenvalue weighted by atomic mass is 16.3. The highest BCUT2D eigenvalue weighted by Gasteiger charge is 2.32. The van der Waals surface area contributed by atoms with E-state index >= 15 is 0 Å². The van der Waals surface area contributed by atoms with Crippen LogP contribution in [-0.2, 0) is 6.42 Å². The summed E-state index contributed by atoms with van der Waals surface area (Å²) in [6.07, 6.45) is 1.53. The predicted molar refractivity (Wildman–Crippen MR) is 63.3 cm³/mol. The van der Waals surface area contributed by atoms with Gasteiger partial charge in [-0.25, -0.2) is 9.97 Å². The first kappa shape index (κ1) is 11.1. The van der Waals surface area contributed by atoms with E-state index in [0.29, 0.717) is 12.4 Å². The Balaban J connectivity index is 2.24. The molecular weight excluding hydrogens is 204 g/mol. The second-order valence-electron chi connectivity index (χ2n) is 4.59. The summed E-state index contributed by atoms with van der Waals surface area (Å²) < 4.78 is 0. The zero-order valence-corrected chi connectivity index (χ0v) is 9.77. The van der Waals surface area contributed by atoms with Gasteiger partial charge in [0.15, 0.2) is 0 Å². The highest BCUT2D eigenvalue weighted by molar-refractivity contribution is 5.48. The third-order valence-corrected chi connectivity index (χ3v) is 2.87. The van der Waals surface area contributed by atoms with E-state index in [1.165, 1.54) is 0 Å². The van der Waals surface area contributed by atoms with E-state index in [-0.39, 0.29) is 0 Å². The van der Waals surface area contributed by atoms with Crippen LogP contribution in [0.1, 0.15) is 26.1 Å². The monoisotopic (exact) mass is 222 g/mol. The molecule has 0 spiro atoms. The van der Waals surface area contributed by atoms with Crippen LogP contribution >= 0.6 is 0 Å². The van der Waals surface area contributed by atoms with E-state index in [2.05, 4.69) is 14.9 Å². The van der Waals surface area contributed by atoms with Crippen molar-refractivity contribution in [1.82, 2.24) is 9.97 Å². The summed E-state index contributed by atoms with van der Waals surface area (Å²) in [5.41, 5.74) is 5.11. The molecule has 0 radical (unpaired) electrons. The SMILES string of the molecule is CCc1nc(N)cc(N2CCC(C)(O)C2)n1. The summed E-state index contributed by atoms with van der Waals surface area (Å²) in [6.45, 7) is 5.26. The molecule has 0 aliphatic carbocycles. The van der Waals surface area contributed by atoms with E-state index in [1.807, 2.05) is 13.8 Å². The van der Waals surface area contributed by atoms with Crippen LogP contribution in [0.3, 0.4) is 0 Å². The number of nitrogens with zero attached hydrogens (tertiary/aromatic N) is 3. The van der Waals surface area contributed by atoms with E-state index in [0.717, 1.165) is 31.0 Å². The average molecular weight is 222 g/mol. The van der Waals surface area contributed by atoms with Crippen molar-refractivity contribution >= 4 is 11.6 Å². The van der Waals surface area contributed by atoms with Gasteiger partial charge in [0.2, 0.25) is 0 Å². The summed E-state index contributed by atoms with van der Waals surface area (Å²) in [7, 11) is 0. The third kappa shape index (κ3) is 2.24. The molecule has 5 heteroatoms. The van der Waals surface area contributed by atoms with Gasteiger partial charge in [0.25, 0.3) is 0 Å². The molecule has 16 heavy (non-hydrogen) atoms. The molecule has 1 aliphatic heterocycles. The van der Waals surface area contributed by atoms with Crippen LogP contribution in [-0.4, -0.2) is 33.8 Å². The van der Waals surface area contributed by atoms with E-state index in [4.69, 9.17) is 5.73 Å². The number of anilines is 2. The molecule has 3 N–H and O–H groups in total. The van der Waals surface area contributed by atoms with Gasteiger partial charge in [-0.1, -0.05) is 6.92 Å². The van der Waals surface area contributed by atoms with E-state index < -0.39 is 5.60 Å². The standard InChI is InChI=1S/C11H18N4O/c1-3-9-13-8(12)6-10(14-9)15-5-4-11(2,16)7-15/h6,16H,3-5,7H2,1-2H3,(H2,12,13,14). The molecule has 1 aromatic rings. The van der Waals surface area contributed by atoms with Crippen LogP contribution in [0.2, 0.25) is 0 Å². The number of nitrogen functional groups attached to an aromatic ring is 1. The lowest BCUT2D eigenvalue weighted by molar-refractivity contribution is 0.0839. The molecule has 0 aromatic carbocycles. The number of hydrogen-bond donors (Lipinski definition) is 2. The molecule has 0 saturated carbocycles. The molecule has 1 saturated heterocycles. The normalized spacial score (nSPS) is 25.1. The molecular formula is C11H18N4O. The largest absolute Gasteiger partial charge is 0.388 e. The van der Waals surface area contributed by atoms with Crippen molar-refractivity contribution < 1.29 is 5.11 Å². The summed E-state index contributed by atoms with van der Waals surface area (Å²) >= 11 is 0. The zero-order valence-electron chi connectivity index (χ0n) is 9.77. The smallest absolute Gasteiger partial charge is 0.134 e. The molecule has 1 unspecified atom stereocenters. The Morgan fingerprint density at radius 1 is 1.56 bits per heavy atom. The molecule has 1 aromatic heterocycles. The van der Waals surface area contributed by atoms with Crippen LogP contribution in [0.5, 0.6) is 0 Å². The van der Waals surface area contributed by atoms with Crippen molar-refractivity contribution in [2.75, 3.05) is 23.7 Å². The lowest BCUT2D eigenvalue weighted by Gasteiger charge is -2.20. The van der Waals surface area contributed by atoms with Crippen LogP contribution in [0.15, 0.2) is 6.07 Å². The molecule has 1 aliphatic rings. The zero-order chi connectivity index (χ0) is 11.8. The predicted octanol–water partition coefficient (Wildman–Crippen LogP) is 0.582.